The number of nitro groups is 1. The maximum absolute atomic E-state index is 10.6. The lowest BCUT2D eigenvalue weighted by Crippen LogP contribution is -2.01. The van der Waals surface area contributed by atoms with Gasteiger partial charge in [0.15, 0.2) is 0 Å². The van der Waals surface area contributed by atoms with Gasteiger partial charge in [0.25, 0.3) is 5.69 Å². The van der Waals surface area contributed by atoms with Crippen molar-refractivity contribution in [1.29, 1.82) is 0 Å². The molecule has 0 aromatic heterocycles. The number of anilines is 2. The summed E-state index contributed by atoms with van der Waals surface area (Å²) in [5.74, 6) is 0. The zero-order valence-electron chi connectivity index (χ0n) is 9.67. The van der Waals surface area contributed by atoms with Crippen LogP contribution in [0.3, 0.4) is 0 Å². The third-order valence-electron chi connectivity index (χ3n) is 2.56. The third kappa shape index (κ3) is 2.76. The Morgan fingerprint density at radius 3 is 2.50 bits per heavy atom. The van der Waals surface area contributed by atoms with Crippen molar-refractivity contribution in [3.8, 4) is 0 Å². The van der Waals surface area contributed by atoms with Crippen LogP contribution in [0.15, 0.2) is 48.5 Å². The molecule has 0 fully saturated rings. The molecule has 0 bridgehead atoms. The van der Waals surface area contributed by atoms with E-state index in [-0.39, 0.29) is 11.4 Å². The Balaban J connectivity index is 2.07. The van der Waals surface area contributed by atoms with Crippen LogP contribution in [0.4, 0.5) is 17.1 Å². The molecule has 0 aliphatic carbocycles. The van der Waals surface area contributed by atoms with Gasteiger partial charge in [-0.05, 0) is 17.7 Å². The molecule has 0 aliphatic heterocycles. The van der Waals surface area contributed by atoms with Crippen LogP contribution in [0, 0.1) is 10.1 Å². The molecule has 2 rings (SSSR count). The van der Waals surface area contributed by atoms with Crippen LogP contribution in [0.5, 0.6) is 0 Å². The SMILES string of the molecule is Nc1cc(NCc2ccccc2)ccc1[N+](=O)[O-]. The maximum atomic E-state index is 10.6. The summed E-state index contributed by atoms with van der Waals surface area (Å²) in [6.45, 7) is 0.651. The highest BCUT2D eigenvalue weighted by Gasteiger charge is 2.10. The Morgan fingerprint density at radius 2 is 1.89 bits per heavy atom. The van der Waals surface area contributed by atoms with Crippen molar-refractivity contribution in [2.75, 3.05) is 11.1 Å². The van der Waals surface area contributed by atoms with E-state index in [2.05, 4.69) is 5.32 Å². The van der Waals surface area contributed by atoms with E-state index in [9.17, 15) is 10.1 Å². The highest BCUT2D eigenvalue weighted by Crippen LogP contribution is 2.24. The Kier molecular flexibility index (Phi) is 3.43. The second-order valence-corrected chi connectivity index (χ2v) is 3.87. The van der Waals surface area contributed by atoms with Crippen LogP contribution < -0.4 is 11.1 Å². The fraction of sp³-hybridized carbons (Fsp3) is 0.0769. The summed E-state index contributed by atoms with van der Waals surface area (Å²) in [6.07, 6.45) is 0. The van der Waals surface area contributed by atoms with Gasteiger partial charge in [-0.25, -0.2) is 0 Å². The van der Waals surface area contributed by atoms with Gasteiger partial charge >= 0.3 is 0 Å². The fourth-order valence-electron chi connectivity index (χ4n) is 1.63. The lowest BCUT2D eigenvalue weighted by atomic mass is 10.2. The average molecular weight is 243 g/mol. The number of nitrogens with two attached hydrogens (primary N) is 1. The van der Waals surface area contributed by atoms with E-state index in [4.69, 9.17) is 5.73 Å². The molecular formula is C13H13N3O2. The Morgan fingerprint density at radius 1 is 1.17 bits per heavy atom. The monoisotopic (exact) mass is 243 g/mol. The zero-order valence-corrected chi connectivity index (χ0v) is 9.67. The van der Waals surface area contributed by atoms with Crippen molar-refractivity contribution in [2.24, 2.45) is 0 Å². The highest BCUT2D eigenvalue weighted by molar-refractivity contribution is 5.65. The van der Waals surface area contributed by atoms with Crippen molar-refractivity contribution < 1.29 is 4.92 Å². The second kappa shape index (κ2) is 5.18. The molecule has 2 aromatic carbocycles. The molecule has 5 heteroatoms. The first-order chi connectivity index (χ1) is 8.66. The number of nitro benzene ring substituents is 1. The smallest absolute Gasteiger partial charge is 0.292 e. The van der Waals surface area contributed by atoms with Crippen molar-refractivity contribution in [3.63, 3.8) is 0 Å². The van der Waals surface area contributed by atoms with Gasteiger partial charge in [-0.15, -0.1) is 0 Å². The van der Waals surface area contributed by atoms with Crippen molar-refractivity contribution in [1.82, 2.24) is 0 Å². The van der Waals surface area contributed by atoms with E-state index in [0.717, 1.165) is 11.3 Å². The van der Waals surface area contributed by atoms with E-state index >= 15 is 0 Å². The number of nitrogens with zero attached hydrogens (tertiary/aromatic N) is 1. The normalized spacial score (nSPS) is 10.0. The number of benzene rings is 2. The molecule has 0 radical (unpaired) electrons. The van der Waals surface area contributed by atoms with Gasteiger partial charge in [-0.3, -0.25) is 10.1 Å². The van der Waals surface area contributed by atoms with E-state index in [1.54, 1.807) is 12.1 Å². The summed E-state index contributed by atoms with van der Waals surface area (Å²) >= 11 is 0. The first kappa shape index (κ1) is 11.9. The number of nitrogen functional groups attached to an aromatic ring is 1. The van der Waals surface area contributed by atoms with Crippen LogP contribution in [0.25, 0.3) is 0 Å². The van der Waals surface area contributed by atoms with Crippen LogP contribution >= 0.6 is 0 Å². The largest absolute Gasteiger partial charge is 0.393 e. The number of rotatable bonds is 4. The van der Waals surface area contributed by atoms with E-state index < -0.39 is 4.92 Å². The summed E-state index contributed by atoms with van der Waals surface area (Å²) in [5, 5.41) is 13.8. The summed E-state index contributed by atoms with van der Waals surface area (Å²) in [4.78, 5) is 10.1. The van der Waals surface area contributed by atoms with Crippen LogP contribution in [-0.2, 0) is 6.54 Å². The number of hydrogen-bond donors (Lipinski definition) is 2. The third-order valence-corrected chi connectivity index (χ3v) is 2.56. The van der Waals surface area contributed by atoms with Crippen LogP contribution in [0.2, 0.25) is 0 Å². The minimum absolute atomic E-state index is 0.0692. The molecule has 5 nitrogen and oxygen atoms in total. The van der Waals surface area contributed by atoms with Gasteiger partial charge in [0, 0.05) is 18.3 Å². The van der Waals surface area contributed by atoms with E-state index in [1.165, 1.54) is 6.07 Å². The van der Waals surface area contributed by atoms with Crippen LogP contribution in [-0.4, -0.2) is 4.92 Å². The Labute approximate surface area is 104 Å². The summed E-state index contributed by atoms with van der Waals surface area (Å²) in [7, 11) is 0. The fourth-order valence-corrected chi connectivity index (χ4v) is 1.63. The maximum Gasteiger partial charge on any atom is 0.292 e. The summed E-state index contributed by atoms with van der Waals surface area (Å²) in [5.41, 5.74) is 7.60. The molecule has 0 saturated carbocycles. The Hall–Kier alpha value is -2.56. The molecule has 0 aliphatic rings. The predicted molar refractivity (Wildman–Crippen MR) is 71.3 cm³/mol. The standard InChI is InChI=1S/C13H13N3O2/c14-12-8-11(6-7-13(12)16(17)18)15-9-10-4-2-1-3-5-10/h1-8,15H,9,14H2. The minimum Gasteiger partial charge on any atom is -0.393 e. The van der Waals surface area contributed by atoms with Gasteiger partial charge in [-0.2, -0.15) is 0 Å². The number of hydrogen-bond acceptors (Lipinski definition) is 4. The van der Waals surface area contributed by atoms with Gasteiger partial charge < -0.3 is 11.1 Å². The van der Waals surface area contributed by atoms with Gasteiger partial charge in [0.05, 0.1) is 4.92 Å². The summed E-state index contributed by atoms with van der Waals surface area (Å²) < 4.78 is 0. The molecule has 0 unspecified atom stereocenters. The topological polar surface area (TPSA) is 81.2 Å². The average Bonchev–Trinajstić information content (AvgIpc) is 2.37. The second-order valence-electron chi connectivity index (χ2n) is 3.87. The molecule has 0 heterocycles. The van der Waals surface area contributed by atoms with Crippen molar-refractivity contribution >= 4 is 17.1 Å². The quantitative estimate of drug-likeness (QED) is 0.491. The molecule has 92 valence electrons. The highest BCUT2D eigenvalue weighted by atomic mass is 16.6. The zero-order chi connectivity index (χ0) is 13.0. The molecule has 0 amide bonds. The van der Waals surface area contributed by atoms with Crippen molar-refractivity contribution in [2.45, 2.75) is 6.54 Å². The number of nitrogens with one attached hydrogen (secondary N) is 1. The molecule has 2 aromatic rings. The summed E-state index contributed by atoms with van der Waals surface area (Å²) in [6, 6.07) is 14.5. The van der Waals surface area contributed by atoms with Gasteiger partial charge in [-0.1, -0.05) is 30.3 Å². The minimum atomic E-state index is -0.490. The molecule has 0 atom stereocenters. The van der Waals surface area contributed by atoms with Crippen LogP contribution in [0.1, 0.15) is 5.56 Å². The first-order valence-electron chi connectivity index (χ1n) is 5.48. The predicted octanol–water partition coefficient (Wildman–Crippen LogP) is 2.79. The molecular weight excluding hydrogens is 230 g/mol. The first-order valence-corrected chi connectivity index (χ1v) is 5.48. The molecule has 0 saturated heterocycles. The molecule has 18 heavy (non-hydrogen) atoms. The molecule has 3 N–H and O–H groups in total. The van der Waals surface area contributed by atoms with Gasteiger partial charge in [0.1, 0.15) is 5.69 Å². The lowest BCUT2D eigenvalue weighted by Gasteiger charge is -2.07. The Bertz CT molecular complexity index is 555. The van der Waals surface area contributed by atoms with Gasteiger partial charge in [0.2, 0.25) is 0 Å². The molecule has 0 spiro atoms. The lowest BCUT2D eigenvalue weighted by molar-refractivity contribution is -0.383. The van der Waals surface area contributed by atoms with E-state index in [0.29, 0.717) is 6.54 Å². The van der Waals surface area contributed by atoms with Crippen molar-refractivity contribution in [3.05, 3.63) is 64.2 Å². The van der Waals surface area contributed by atoms with E-state index in [1.807, 2.05) is 30.3 Å².